The molecular formula is C38H32Cl2N2O2. The largest absolute Gasteiger partial charge is 0.350 e. The van der Waals surface area contributed by atoms with E-state index in [0.29, 0.717) is 40.4 Å². The van der Waals surface area contributed by atoms with Gasteiger partial charge in [0.25, 0.3) is 0 Å². The minimum atomic E-state index is -0.323. The summed E-state index contributed by atoms with van der Waals surface area (Å²) >= 11 is 12.3. The first kappa shape index (κ1) is 28.6. The smallest absolute Gasteiger partial charge is 0.166 e. The molecule has 6 aromatic rings. The number of carbonyl (C=O) groups is 2. The number of halogens is 2. The number of nitrogens with zero attached hydrogens (tertiary/aromatic N) is 2. The summed E-state index contributed by atoms with van der Waals surface area (Å²) in [6.07, 6.45) is 3.77. The van der Waals surface area contributed by atoms with Crippen molar-refractivity contribution in [3.05, 3.63) is 141 Å². The number of hydrogen-bond donors (Lipinski definition) is 0. The number of Topliss-reactive ketones (excluding diaryl/α,β-unsaturated/α-hetero) is 2. The second kappa shape index (κ2) is 11.4. The molecule has 1 aliphatic rings. The highest BCUT2D eigenvalue weighted by Gasteiger charge is 2.43. The maximum Gasteiger partial charge on any atom is 0.166 e. The van der Waals surface area contributed by atoms with Crippen molar-refractivity contribution in [2.75, 3.05) is 0 Å². The molecule has 220 valence electrons. The molecule has 1 aliphatic carbocycles. The molecule has 44 heavy (non-hydrogen) atoms. The SMILES string of the molecule is Cn1cc(C2CC(C(=O)c3ccc(Cl)cc3)C(CCC(=O)c3ccc(Cl)cc3)c3c2n(C)c2ccccc32)c2ccccc21. The Bertz CT molecular complexity index is 2040. The van der Waals surface area contributed by atoms with Crippen LogP contribution in [0.4, 0.5) is 0 Å². The number of hydrogen-bond acceptors (Lipinski definition) is 2. The molecule has 2 heterocycles. The van der Waals surface area contributed by atoms with Gasteiger partial charge in [0.1, 0.15) is 0 Å². The number of ketones is 2. The lowest BCUT2D eigenvalue weighted by Crippen LogP contribution is -2.31. The lowest BCUT2D eigenvalue weighted by Gasteiger charge is -2.37. The summed E-state index contributed by atoms with van der Waals surface area (Å²) in [6, 6.07) is 31.2. The highest BCUT2D eigenvalue weighted by molar-refractivity contribution is 6.31. The Hall–Kier alpha value is -4.12. The van der Waals surface area contributed by atoms with Crippen molar-refractivity contribution >= 4 is 56.6 Å². The number of para-hydroxylation sites is 2. The van der Waals surface area contributed by atoms with Crippen LogP contribution in [0.1, 0.15) is 68.6 Å². The van der Waals surface area contributed by atoms with Crippen molar-refractivity contribution in [2.45, 2.75) is 31.1 Å². The molecule has 0 amide bonds. The van der Waals surface area contributed by atoms with Crippen molar-refractivity contribution < 1.29 is 9.59 Å². The molecule has 0 aliphatic heterocycles. The molecule has 0 saturated heterocycles. The van der Waals surface area contributed by atoms with Crippen LogP contribution in [0.2, 0.25) is 10.0 Å². The maximum atomic E-state index is 14.5. The fraction of sp³-hybridized carbons (Fsp3) is 0.211. The molecule has 3 unspecified atom stereocenters. The number of benzene rings is 4. The Labute approximate surface area is 266 Å². The third kappa shape index (κ3) is 4.87. The Balaban J connectivity index is 1.40. The fourth-order valence-electron chi connectivity index (χ4n) is 7.44. The predicted octanol–water partition coefficient (Wildman–Crippen LogP) is 9.76. The van der Waals surface area contributed by atoms with Crippen LogP contribution in [0, 0.1) is 5.92 Å². The maximum absolute atomic E-state index is 14.5. The van der Waals surface area contributed by atoms with Gasteiger partial charge in [-0.3, -0.25) is 9.59 Å². The minimum absolute atomic E-state index is 0.00188. The molecule has 0 fully saturated rings. The predicted molar refractivity (Wildman–Crippen MR) is 179 cm³/mol. The average Bonchev–Trinajstić information content (AvgIpc) is 3.54. The van der Waals surface area contributed by atoms with Gasteiger partial charge in [-0.2, -0.15) is 0 Å². The van der Waals surface area contributed by atoms with E-state index in [2.05, 4.69) is 78.0 Å². The van der Waals surface area contributed by atoms with E-state index in [0.717, 1.165) is 10.9 Å². The number of fused-ring (bicyclic) bond motifs is 4. The lowest BCUT2D eigenvalue weighted by atomic mass is 9.66. The van der Waals surface area contributed by atoms with Crippen molar-refractivity contribution in [3.8, 4) is 0 Å². The third-order valence-electron chi connectivity index (χ3n) is 9.49. The van der Waals surface area contributed by atoms with E-state index < -0.39 is 0 Å². The summed E-state index contributed by atoms with van der Waals surface area (Å²) < 4.78 is 4.49. The Morgan fingerprint density at radius 2 is 1.34 bits per heavy atom. The molecule has 0 radical (unpaired) electrons. The second-order valence-corrected chi connectivity index (χ2v) is 12.8. The molecule has 0 N–H and O–H groups in total. The number of rotatable bonds is 7. The first-order valence-electron chi connectivity index (χ1n) is 15.0. The van der Waals surface area contributed by atoms with Gasteiger partial charge >= 0.3 is 0 Å². The number of carbonyl (C=O) groups excluding carboxylic acids is 2. The van der Waals surface area contributed by atoms with Crippen molar-refractivity contribution in [1.29, 1.82) is 0 Å². The van der Waals surface area contributed by atoms with Crippen molar-refractivity contribution in [2.24, 2.45) is 20.0 Å². The Morgan fingerprint density at radius 3 is 2.02 bits per heavy atom. The van der Waals surface area contributed by atoms with E-state index in [-0.39, 0.29) is 29.3 Å². The zero-order chi connectivity index (χ0) is 30.5. The fourth-order valence-corrected chi connectivity index (χ4v) is 7.69. The van der Waals surface area contributed by atoms with E-state index in [4.69, 9.17) is 23.2 Å². The van der Waals surface area contributed by atoms with Gasteiger partial charge < -0.3 is 9.13 Å². The Morgan fingerprint density at radius 1 is 0.750 bits per heavy atom. The van der Waals surface area contributed by atoms with Gasteiger partial charge in [-0.05, 0) is 90.6 Å². The standard InChI is InChI=1S/C38H32Cl2N2O2/c1-41-22-32(27-7-3-5-9-33(27)41)30-21-31(38(44)24-13-17-26(40)18-14-24)28(19-20-35(43)23-11-15-25(39)16-12-23)36-29-8-4-6-10-34(29)42(2)37(30)36/h3-18,22,28,30-31H,19-21H2,1-2H3. The minimum Gasteiger partial charge on any atom is -0.350 e. The quantitative estimate of drug-likeness (QED) is 0.167. The molecule has 0 saturated carbocycles. The average molecular weight is 620 g/mol. The van der Waals surface area contributed by atoms with Crippen LogP contribution in [-0.4, -0.2) is 20.7 Å². The Kier molecular flexibility index (Phi) is 7.44. The molecular weight excluding hydrogens is 587 g/mol. The summed E-state index contributed by atoms with van der Waals surface area (Å²) in [5, 5.41) is 3.54. The molecule has 6 heteroatoms. The topological polar surface area (TPSA) is 44.0 Å². The molecule has 7 rings (SSSR count). The van der Waals surface area contributed by atoms with Gasteiger partial charge in [0, 0.05) is 87.2 Å². The van der Waals surface area contributed by atoms with Crippen molar-refractivity contribution in [1.82, 2.24) is 9.13 Å². The molecule has 4 aromatic carbocycles. The number of aromatic nitrogens is 2. The van der Waals surface area contributed by atoms with Crippen LogP contribution in [0.5, 0.6) is 0 Å². The summed E-state index contributed by atoms with van der Waals surface area (Å²) in [4.78, 5) is 28.0. The van der Waals surface area contributed by atoms with E-state index >= 15 is 0 Å². The van der Waals surface area contributed by atoms with Crippen LogP contribution in [-0.2, 0) is 14.1 Å². The zero-order valence-electron chi connectivity index (χ0n) is 24.6. The molecule has 0 bridgehead atoms. The summed E-state index contributed by atoms with van der Waals surface area (Å²) in [7, 11) is 4.22. The van der Waals surface area contributed by atoms with Crippen molar-refractivity contribution in [3.63, 3.8) is 0 Å². The highest BCUT2D eigenvalue weighted by Crippen LogP contribution is 2.53. The van der Waals surface area contributed by atoms with Gasteiger partial charge in [0.15, 0.2) is 11.6 Å². The second-order valence-electron chi connectivity index (χ2n) is 11.9. The van der Waals surface area contributed by atoms with Gasteiger partial charge in [-0.15, -0.1) is 0 Å². The number of aryl methyl sites for hydroxylation is 2. The monoisotopic (exact) mass is 618 g/mol. The highest BCUT2D eigenvalue weighted by atomic mass is 35.5. The molecule has 0 spiro atoms. The first-order chi connectivity index (χ1) is 21.3. The first-order valence-corrected chi connectivity index (χ1v) is 15.8. The van der Waals surface area contributed by atoms with Gasteiger partial charge in [0.05, 0.1) is 0 Å². The summed E-state index contributed by atoms with van der Waals surface area (Å²) in [6.45, 7) is 0. The van der Waals surface area contributed by atoms with Crippen LogP contribution in [0.15, 0.2) is 103 Å². The summed E-state index contributed by atoms with van der Waals surface area (Å²) in [5.74, 6) is -0.317. The van der Waals surface area contributed by atoms with Crippen LogP contribution < -0.4 is 0 Å². The molecule has 3 atom stereocenters. The van der Waals surface area contributed by atoms with E-state index in [1.54, 1.807) is 36.4 Å². The van der Waals surface area contributed by atoms with Gasteiger partial charge in [-0.25, -0.2) is 0 Å². The van der Waals surface area contributed by atoms with Gasteiger partial charge in [0.2, 0.25) is 0 Å². The van der Waals surface area contributed by atoms with Crippen LogP contribution >= 0.6 is 23.2 Å². The normalized spacial score (nSPS) is 18.0. The van der Waals surface area contributed by atoms with E-state index in [1.165, 1.54) is 27.7 Å². The van der Waals surface area contributed by atoms with E-state index in [9.17, 15) is 9.59 Å². The van der Waals surface area contributed by atoms with Crippen LogP contribution in [0.25, 0.3) is 21.8 Å². The zero-order valence-corrected chi connectivity index (χ0v) is 26.1. The van der Waals surface area contributed by atoms with Crippen LogP contribution in [0.3, 0.4) is 0 Å². The third-order valence-corrected chi connectivity index (χ3v) is 9.99. The molecule has 4 nitrogen and oxygen atoms in total. The molecule has 2 aromatic heterocycles. The van der Waals surface area contributed by atoms with Gasteiger partial charge in [-0.1, -0.05) is 59.6 Å². The van der Waals surface area contributed by atoms with E-state index in [1.807, 2.05) is 12.1 Å². The lowest BCUT2D eigenvalue weighted by molar-refractivity contribution is 0.0862. The summed E-state index contributed by atoms with van der Waals surface area (Å²) in [5.41, 5.74) is 7.22.